The second-order valence-electron chi connectivity index (χ2n) is 8.78. The average Bonchev–Trinajstić information content (AvgIpc) is 2.87. The predicted molar refractivity (Wildman–Crippen MR) is 136 cm³/mol. The standard InChI is InChI=1S/C23H30F2N6O6S/c1-3-4-8-38(36,37)30-17(22(34)35)11-28-21(33)15-12-31(2)19-13(20(15)32)9-16(24)14(18(19)25)10-29-23-26-6-5-7-27-23/h6,9,12,17,23,27,29-30H,3-5,7-8,10-11H2,1-2H3,(H,28,33)(H,34,35). The topological polar surface area (TPSA) is 171 Å². The number of carboxylic acid groups (broad SMARTS) is 1. The largest absolute Gasteiger partial charge is 0.480 e. The van der Waals surface area contributed by atoms with E-state index in [9.17, 15) is 32.3 Å². The zero-order valence-corrected chi connectivity index (χ0v) is 21.7. The SMILES string of the molecule is CCCCS(=O)(=O)NC(CNC(=O)c1cn(C)c2c(F)c(CNC3N=CCCN3)c(F)cc2c1=O)C(=O)O. The average molecular weight is 557 g/mol. The summed E-state index contributed by atoms with van der Waals surface area (Å²) in [6, 6.07) is -0.841. The lowest BCUT2D eigenvalue weighted by atomic mass is 10.1. The molecule has 5 N–H and O–H groups in total. The van der Waals surface area contributed by atoms with E-state index < -0.39 is 63.4 Å². The summed E-state index contributed by atoms with van der Waals surface area (Å²) in [7, 11) is -2.55. The third kappa shape index (κ3) is 6.98. The first kappa shape index (κ1) is 29.3. The monoisotopic (exact) mass is 556 g/mol. The Morgan fingerprint density at radius 2 is 2.08 bits per heavy atom. The van der Waals surface area contributed by atoms with Gasteiger partial charge in [-0.05, 0) is 18.9 Å². The normalized spacial score (nSPS) is 16.5. The summed E-state index contributed by atoms with van der Waals surface area (Å²) in [4.78, 5) is 41.4. The van der Waals surface area contributed by atoms with Gasteiger partial charge in [0.25, 0.3) is 5.91 Å². The molecule has 1 aromatic carbocycles. The Kier molecular flexibility index (Phi) is 9.65. The minimum atomic E-state index is -3.92. The molecule has 38 heavy (non-hydrogen) atoms. The van der Waals surface area contributed by atoms with Gasteiger partial charge in [0.2, 0.25) is 15.5 Å². The van der Waals surface area contributed by atoms with Crippen LogP contribution >= 0.6 is 0 Å². The van der Waals surface area contributed by atoms with Crippen LogP contribution in [0.3, 0.4) is 0 Å². The summed E-state index contributed by atoms with van der Waals surface area (Å²) in [6.45, 7) is 1.55. The maximum absolute atomic E-state index is 15.3. The number of benzene rings is 1. The number of nitrogens with one attached hydrogen (secondary N) is 4. The van der Waals surface area contributed by atoms with E-state index in [1.807, 2.05) is 4.72 Å². The number of aryl methyl sites for hydroxylation is 1. The molecule has 0 bridgehead atoms. The number of unbranched alkanes of at least 4 members (excludes halogenated alkanes) is 1. The van der Waals surface area contributed by atoms with Crippen molar-refractivity contribution in [2.75, 3.05) is 18.8 Å². The van der Waals surface area contributed by atoms with Gasteiger partial charge in [0, 0.05) is 44.7 Å². The van der Waals surface area contributed by atoms with E-state index in [1.165, 1.54) is 7.05 Å². The lowest BCUT2D eigenvalue weighted by Gasteiger charge is -2.20. The molecule has 2 unspecified atom stereocenters. The molecule has 2 atom stereocenters. The number of pyridine rings is 1. The third-order valence-electron chi connectivity index (χ3n) is 5.89. The number of aromatic nitrogens is 1. The van der Waals surface area contributed by atoms with E-state index in [-0.39, 0.29) is 28.8 Å². The molecule has 1 aromatic heterocycles. The zero-order valence-electron chi connectivity index (χ0n) is 20.9. The van der Waals surface area contributed by atoms with E-state index >= 15 is 4.39 Å². The van der Waals surface area contributed by atoms with Crippen molar-refractivity contribution in [1.82, 2.24) is 25.2 Å². The summed E-state index contributed by atoms with van der Waals surface area (Å²) in [5, 5.41) is 17.1. The van der Waals surface area contributed by atoms with Crippen LogP contribution in [0.4, 0.5) is 8.78 Å². The predicted octanol–water partition coefficient (Wildman–Crippen LogP) is 0.157. The van der Waals surface area contributed by atoms with Crippen LogP contribution in [-0.2, 0) is 28.4 Å². The van der Waals surface area contributed by atoms with Gasteiger partial charge < -0.3 is 15.0 Å². The second-order valence-corrected chi connectivity index (χ2v) is 10.7. The van der Waals surface area contributed by atoms with Gasteiger partial charge >= 0.3 is 5.97 Å². The number of carbonyl (C=O) groups is 2. The number of sulfonamides is 1. The van der Waals surface area contributed by atoms with Gasteiger partial charge in [-0.25, -0.2) is 17.2 Å². The maximum Gasteiger partial charge on any atom is 0.323 e. The molecular weight excluding hydrogens is 526 g/mol. The molecule has 0 spiro atoms. The minimum Gasteiger partial charge on any atom is -0.480 e. The van der Waals surface area contributed by atoms with Crippen molar-refractivity contribution in [2.45, 2.75) is 45.1 Å². The van der Waals surface area contributed by atoms with Gasteiger partial charge in [-0.2, -0.15) is 4.72 Å². The highest BCUT2D eigenvalue weighted by atomic mass is 32.2. The van der Waals surface area contributed by atoms with Crippen LogP contribution in [0.5, 0.6) is 0 Å². The summed E-state index contributed by atoms with van der Waals surface area (Å²) >= 11 is 0. The molecule has 2 aromatic rings. The van der Waals surface area contributed by atoms with Gasteiger partial charge in [-0.3, -0.25) is 30.0 Å². The van der Waals surface area contributed by atoms with Crippen LogP contribution in [0.2, 0.25) is 0 Å². The Hall–Kier alpha value is -3.27. The summed E-state index contributed by atoms with van der Waals surface area (Å²) in [5.41, 5.74) is -2.01. The van der Waals surface area contributed by atoms with Crippen molar-refractivity contribution in [3.63, 3.8) is 0 Å². The van der Waals surface area contributed by atoms with Gasteiger partial charge in [0.15, 0.2) is 12.1 Å². The van der Waals surface area contributed by atoms with Crippen molar-refractivity contribution in [3.8, 4) is 0 Å². The fourth-order valence-corrected chi connectivity index (χ4v) is 5.28. The van der Waals surface area contributed by atoms with Gasteiger partial charge in [0.1, 0.15) is 17.4 Å². The smallest absolute Gasteiger partial charge is 0.323 e. The molecule has 1 amide bonds. The fraction of sp³-hybridized carbons (Fsp3) is 0.478. The number of aliphatic carboxylic acids is 1. The molecule has 3 rings (SSSR count). The van der Waals surface area contributed by atoms with E-state index in [0.29, 0.717) is 19.4 Å². The first-order valence-electron chi connectivity index (χ1n) is 11.9. The lowest BCUT2D eigenvalue weighted by molar-refractivity contribution is -0.138. The molecule has 15 heteroatoms. The molecule has 0 saturated heterocycles. The maximum atomic E-state index is 15.3. The van der Waals surface area contributed by atoms with Gasteiger partial charge in [0.05, 0.1) is 16.7 Å². The van der Waals surface area contributed by atoms with Crippen molar-refractivity contribution in [1.29, 1.82) is 0 Å². The highest BCUT2D eigenvalue weighted by Crippen LogP contribution is 2.22. The number of carboxylic acids is 1. The van der Waals surface area contributed by atoms with E-state index in [1.54, 1.807) is 13.1 Å². The molecule has 1 aliphatic rings. The molecule has 208 valence electrons. The number of carbonyl (C=O) groups excluding carboxylic acids is 1. The molecule has 0 saturated carbocycles. The number of rotatable bonds is 12. The third-order valence-corrected chi connectivity index (χ3v) is 7.36. The van der Waals surface area contributed by atoms with Crippen molar-refractivity contribution in [3.05, 3.63) is 45.2 Å². The highest BCUT2D eigenvalue weighted by molar-refractivity contribution is 7.89. The first-order valence-corrected chi connectivity index (χ1v) is 13.6. The van der Waals surface area contributed by atoms with Crippen molar-refractivity contribution < 1.29 is 31.9 Å². The summed E-state index contributed by atoms with van der Waals surface area (Å²) < 4.78 is 57.5. The molecule has 0 fully saturated rings. The highest BCUT2D eigenvalue weighted by Gasteiger charge is 2.26. The summed E-state index contributed by atoms with van der Waals surface area (Å²) in [6.07, 6.45) is 3.85. The Labute approximate surface area is 217 Å². The number of nitrogens with zero attached hydrogens (tertiary/aromatic N) is 2. The molecular formula is C23H30F2N6O6S. The lowest BCUT2D eigenvalue weighted by Crippen LogP contribution is -2.49. The zero-order chi connectivity index (χ0) is 28.0. The quantitative estimate of drug-likeness (QED) is 0.246. The molecule has 0 radical (unpaired) electrons. The van der Waals surface area contributed by atoms with E-state index in [4.69, 9.17) is 0 Å². The Morgan fingerprint density at radius 3 is 2.71 bits per heavy atom. The number of hydrogen-bond acceptors (Lipinski definition) is 8. The number of amides is 1. The Morgan fingerprint density at radius 1 is 1.34 bits per heavy atom. The number of halogens is 2. The van der Waals surface area contributed by atoms with Gasteiger partial charge in [-0.15, -0.1) is 0 Å². The van der Waals surface area contributed by atoms with Crippen LogP contribution in [0.1, 0.15) is 42.1 Å². The molecule has 2 heterocycles. The van der Waals surface area contributed by atoms with Crippen molar-refractivity contribution >= 4 is 39.0 Å². The van der Waals surface area contributed by atoms with E-state index in [0.717, 1.165) is 23.3 Å². The van der Waals surface area contributed by atoms with E-state index in [2.05, 4.69) is 20.9 Å². The molecule has 1 aliphatic heterocycles. The molecule has 12 nitrogen and oxygen atoms in total. The van der Waals surface area contributed by atoms with Crippen LogP contribution in [-0.4, -0.2) is 67.4 Å². The van der Waals surface area contributed by atoms with Crippen LogP contribution in [0.15, 0.2) is 22.1 Å². The Balaban J connectivity index is 1.83. The fourth-order valence-electron chi connectivity index (χ4n) is 3.87. The minimum absolute atomic E-state index is 0.218. The number of aliphatic imine (C=N–C) groups is 1. The van der Waals surface area contributed by atoms with Crippen molar-refractivity contribution in [2.24, 2.45) is 12.0 Å². The summed E-state index contributed by atoms with van der Waals surface area (Å²) in [5.74, 6) is -4.82. The molecule has 0 aliphatic carbocycles. The number of hydrogen-bond donors (Lipinski definition) is 5. The number of fused-ring (bicyclic) bond motifs is 1. The second kappa shape index (κ2) is 12.5. The van der Waals surface area contributed by atoms with Crippen LogP contribution in [0, 0.1) is 11.6 Å². The van der Waals surface area contributed by atoms with Crippen LogP contribution < -0.4 is 26.1 Å². The van der Waals surface area contributed by atoms with Crippen LogP contribution in [0.25, 0.3) is 10.9 Å². The van der Waals surface area contributed by atoms with Gasteiger partial charge in [-0.1, -0.05) is 13.3 Å². The first-order chi connectivity index (χ1) is 17.9. The Bertz CT molecular complexity index is 1410.